The van der Waals surface area contributed by atoms with E-state index >= 15 is 0 Å². The van der Waals surface area contributed by atoms with Gasteiger partial charge in [-0.2, -0.15) is 0 Å². The Kier molecular flexibility index (Phi) is 6.73. The third-order valence-electron chi connectivity index (χ3n) is 1.16. The van der Waals surface area contributed by atoms with E-state index in [1.54, 1.807) is 6.08 Å². The number of hydrogen-bond acceptors (Lipinski definition) is 2. The number of hydrogen-bond donors (Lipinski definition) is 1. The molecular formula is C8H16NO2+. The van der Waals surface area contributed by atoms with Crippen LogP contribution in [0.5, 0.6) is 0 Å². The zero-order chi connectivity index (χ0) is 8.53. The molecule has 0 unspecified atom stereocenters. The van der Waals surface area contributed by atoms with Crippen molar-refractivity contribution in [3.8, 4) is 0 Å². The number of unbranched alkanes of at least 4 members (excludes halogenated alkanes) is 1. The van der Waals surface area contributed by atoms with Crippen LogP contribution in [0.15, 0.2) is 12.2 Å². The number of ether oxygens (including phenoxy) is 1. The molecule has 0 saturated carbocycles. The fourth-order valence-corrected chi connectivity index (χ4v) is 0.545. The van der Waals surface area contributed by atoms with Gasteiger partial charge in [-0.1, -0.05) is 13.3 Å². The summed E-state index contributed by atoms with van der Waals surface area (Å²) in [5.41, 5.74) is 3.56. The van der Waals surface area contributed by atoms with E-state index in [-0.39, 0.29) is 5.97 Å². The lowest BCUT2D eigenvalue weighted by molar-refractivity contribution is -0.352. The van der Waals surface area contributed by atoms with Crippen LogP contribution in [0.25, 0.3) is 0 Å². The second-order valence-corrected chi connectivity index (χ2v) is 2.21. The van der Waals surface area contributed by atoms with Crippen molar-refractivity contribution >= 4 is 5.97 Å². The summed E-state index contributed by atoms with van der Waals surface area (Å²) < 4.78 is 4.83. The van der Waals surface area contributed by atoms with Crippen LogP contribution < -0.4 is 5.73 Å². The molecule has 0 bridgehead atoms. The van der Waals surface area contributed by atoms with Crippen LogP contribution in [0.3, 0.4) is 0 Å². The van der Waals surface area contributed by atoms with Crippen LogP contribution in [0.4, 0.5) is 0 Å². The summed E-state index contributed by atoms with van der Waals surface area (Å²) in [6.45, 7) is 3.21. The van der Waals surface area contributed by atoms with Gasteiger partial charge in [0, 0.05) is 6.08 Å². The number of carbonyl (C=O) groups is 1. The molecule has 3 nitrogen and oxygen atoms in total. The molecule has 0 spiro atoms. The first-order valence-corrected chi connectivity index (χ1v) is 3.93. The molecule has 0 aliphatic rings. The van der Waals surface area contributed by atoms with Gasteiger partial charge in [-0.05, 0) is 12.5 Å². The Morgan fingerprint density at radius 1 is 1.64 bits per heavy atom. The SMILES string of the molecule is CCCCOC(=O)/C=C/C[NH3+]. The Balaban J connectivity index is 3.30. The summed E-state index contributed by atoms with van der Waals surface area (Å²) in [4.78, 5) is 10.7. The average molecular weight is 158 g/mol. The molecule has 11 heavy (non-hydrogen) atoms. The van der Waals surface area contributed by atoms with Crippen LogP contribution in [-0.4, -0.2) is 19.1 Å². The molecule has 0 aromatic rings. The highest BCUT2D eigenvalue weighted by Crippen LogP contribution is 1.88. The lowest BCUT2D eigenvalue weighted by atomic mass is 10.4. The van der Waals surface area contributed by atoms with Crippen molar-refractivity contribution < 1.29 is 15.3 Å². The molecule has 0 radical (unpaired) electrons. The molecule has 0 heterocycles. The maximum absolute atomic E-state index is 10.7. The molecule has 0 atom stereocenters. The number of esters is 1. The quantitative estimate of drug-likeness (QED) is 0.351. The first kappa shape index (κ1) is 10.2. The molecule has 0 aromatic carbocycles. The second kappa shape index (κ2) is 7.28. The number of quaternary nitrogens is 1. The van der Waals surface area contributed by atoms with E-state index in [2.05, 4.69) is 12.7 Å². The van der Waals surface area contributed by atoms with E-state index in [1.165, 1.54) is 6.08 Å². The minimum Gasteiger partial charge on any atom is -0.463 e. The van der Waals surface area contributed by atoms with Crippen LogP contribution in [-0.2, 0) is 9.53 Å². The molecule has 0 aromatic heterocycles. The van der Waals surface area contributed by atoms with E-state index in [1.807, 2.05) is 0 Å². The third kappa shape index (κ3) is 7.06. The van der Waals surface area contributed by atoms with Gasteiger partial charge in [-0.15, -0.1) is 0 Å². The van der Waals surface area contributed by atoms with E-state index in [9.17, 15) is 4.79 Å². The summed E-state index contributed by atoms with van der Waals surface area (Å²) in [5, 5.41) is 0. The summed E-state index contributed by atoms with van der Waals surface area (Å²) in [6.07, 6.45) is 5.09. The molecular weight excluding hydrogens is 142 g/mol. The summed E-state index contributed by atoms with van der Waals surface area (Å²) in [7, 11) is 0. The van der Waals surface area contributed by atoms with Gasteiger partial charge < -0.3 is 10.5 Å². The first-order valence-electron chi connectivity index (χ1n) is 3.93. The van der Waals surface area contributed by atoms with Crippen molar-refractivity contribution in [1.29, 1.82) is 0 Å². The average Bonchev–Trinajstić information content (AvgIpc) is 2.01. The minimum absolute atomic E-state index is 0.262. The Hall–Kier alpha value is -0.830. The molecule has 0 rings (SSSR count). The molecule has 0 aliphatic heterocycles. The van der Waals surface area contributed by atoms with Crippen LogP contribution in [0.1, 0.15) is 19.8 Å². The molecule has 0 amide bonds. The molecule has 64 valence electrons. The topological polar surface area (TPSA) is 53.9 Å². The zero-order valence-corrected chi connectivity index (χ0v) is 7.01. The second-order valence-electron chi connectivity index (χ2n) is 2.21. The van der Waals surface area contributed by atoms with Gasteiger partial charge in [0.2, 0.25) is 0 Å². The lowest BCUT2D eigenvalue weighted by Gasteiger charge is -1.97. The van der Waals surface area contributed by atoms with E-state index < -0.39 is 0 Å². The van der Waals surface area contributed by atoms with Crippen LogP contribution in [0, 0.1) is 0 Å². The highest BCUT2D eigenvalue weighted by Gasteiger charge is 1.93. The molecule has 0 fully saturated rings. The van der Waals surface area contributed by atoms with E-state index in [0.29, 0.717) is 13.2 Å². The van der Waals surface area contributed by atoms with Crippen molar-refractivity contribution in [2.45, 2.75) is 19.8 Å². The summed E-state index contributed by atoms with van der Waals surface area (Å²) in [5.74, 6) is -0.262. The van der Waals surface area contributed by atoms with Crippen LogP contribution in [0.2, 0.25) is 0 Å². The number of rotatable bonds is 5. The van der Waals surface area contributed by atoms with Crippen molar-refractivity contribution in [1.82, 2.24) is 0 Å². The highest BCUT2D eigenvalue weighted by molar-refractivity contribution is 5.81. The van der Waals surface area contributed by atoms with E-state index in [0.717, 1.165) is 12.8 Å². The minimum atomic E-state index is -0.262. The van der Waals surface area contributed by atoms with Crippen molar-refractivity contribution in [2.75, 3.05) is 13.2 Å². The van der Waals surface area contributed by atoms with Gasteiger partial charge in [-0.25, -0.2) is 4.79 Å². The van der Waals surface area contributed by atoms with Gasteiger partial charge in [-0.3, -0.25) is 0 Å². The normalized spacial score (nSPS) is 10.4. The molecule has 0 saturated heterocycles. The Labute approximate surface area is 67.2 Å². The molecule has 3 heteroatoms. The molecule has 0 aliphatic carbocycles. The predicted octanol–water partition coefficient (Wildman–Crippen LogP) is 0.128. The van der Waals surface area contributed by atoms with Gasteiger partial charge in [0.05, 0.1) is 13.2 Å². The Morgan fingerprint density at radius 3 is 2.91 bits per heavy atom. The van der Waals surface area contributed by atoms with Crippen LogP contribution >= 0.6 is 0 Å². The van der Waals surface area contributed by atoms with Gasteiger partial charge >= 0.3 is 5.97 Å². The maximum Gasteiger partial charge on any atom is 0.330 e. The van der Waals surface area contributed by atoms with Gasteiger partial charge in [0.15, 0.2) is 0 Å². The fraction of sp³-hybridized carbons (Fsp3) is 0.625. The predicted molar refractivity (Wildman–Crippen MR) is 42.8 cm³/mol. The zero-order valence-electron chi connectivity index (χ0n) is 7.01. The largest absolute Gasteiger partial charge is 0.463 e. The fourth-order valence-electron chi connectivity index (χ4n) is 0.545. The highest BCUT2D eigenvalue weighted by atomic mass is 16.5. The lowest BCUT2D eigenvalue weighted by Crippen LogP contribution is -2.49. The molecule has 3 N–H and O–H groups in total. The Morgan fingerprint density at radius 2 is 2.36 bits per heavy atom. The third-order valence-corrected chi connectivity index (χ3v) is 1.16. The monoisotopic (exact) mass is 158 g/mol. The summed E-state index contributed by atoms with van der Waals surface area (Å²) in [6, 6.07) is 0. The first-order chi connectivity index (χ1) is 5.31. The maximum atomic E-state index is 10.7. The standard InChI is InChI=1S/C8H15NO2/c1-2-3-7-11-8(10)5-4-6-9/h4-5H,2-3,6-7,9H2,1H3/p+1/b5-4+. The smallest absolute Gasteiger partial charge is 0.330 e. The van der Waals surface area contributed by atoms with Crippen molar-refractivity contribution in [2.24, 2.45) is 0 Å². The Bertz CT molecular complexity index is 132. The van der Waals surface area contributed by atoms with Crippen molar-refractivity contribution in [3.05, 3.63) is 12.2 Å². The summed E-state index contributed by atoms with van der Waals surface area (Å²) >= 11 is 0. The van der Waals surface area contributed by atoms with Crippen molar-refractivity contribution in [3.63, 3.8) is 0 Å². The van der Waals surface area contributed by atoms with Gasteiger partial charge in [0.25, 0.3) is 0 Å². The van der Waals surface area contributed by atoms with E-state index in [4.69, 9.17) is 4.74 Å². The number of carbonyl (C=O) groups excluding carboxylic acids is 1. The van der Waals surface area contributed by atoms with Gasteiger partial charge in [0.1, 0.15) is 0 Å².